The molecule has 2 heterocycles. The van der Waals surface area contributed by atoms with E-state index in [2.05, 4.69) is 13.8 Å². The van der Waals surface area contributed by atoms with E-state index in [1.807, 2.05) is 12.1 Å². The Morgan fingerprint density at radius 1 is 1.18 bits per heavy atom. The van der Waals surface area contributed by atoms with Crippen LogP contribution >= 0.6 is 11.3 Å². The molecule has 0 atom stereocenters. The van der Waals surface area contributed by atoms with Crippen LogP contribution in [0, 0.1) is 0 Å². The van der Waals surface area contributed by atoms with Gasteiger partial charge in [-0.25, -0.2) is 4.98 Å². The highest BCUT2D eigenvalue weighted by molar-refractivity contribution is 7.22. The zero-order valence-corrected chi connectivity index (χ0v) is 17.5. The van der Waals surface area contributed by atoms with Gasteiger partial charge in [-0.3, -0.25) is 9.69 Å². The first-order valence-corrected chi connectivity index (χ1v) is 10.1. The van der Waals surface area contributed by atoms with Crippen molar-refractivity contribution in [2.75, 3.05) is 45.3 Å². The fraction of sp³-hybridized carbons (Fsp3) is 0.400. The fourth-order valence-corrected chi connectivity index (χ4v) is 4.18. The molecule has 2 aromatic heterocycles. The van der Waals surface area contributed by atoms with Crippen LogP contribution in [0.1, 0.15) is 24.4 Å². The first-order valence-electron chi connectivity index (χ1n) is 9.33. The van der Waals surface area contributed by atoms with Crippen molar-refractivity contribution in [3.63, 3.8) is 0 Å². The Kier molecular flexibility index (Phi) is 6.53. The number of rotatable bonds is 9. The number of likely N-dealkylation sites (N-methyl/N-ethyl adjacent to an activating group) is 1. The standard InChI is InChI=1S/C20H25N3O4S/c1-5-22(6-2)11-12-23(19(24)16-8-7-13-27-16)20-21-17-14(25-3)9-10-15(26-4)18(17)28-20/h7-10,13H,5-6,11-12H2,1-4H3/p+1. The summed E-state index contributed by atoms with van der Waals surface area (Å²) in [5, 5.41) is 0.603. The molecule has 0 spiro atoms. The number of furan rings is 1. The van der Waals surface area contributed by atoms with Crippen molar-refractivity contribution in [2.45, 2.75) is 13.8 Å². The predicted octanol–water partition coefficient (Wildman–Crippen LogP) is 2.48. The smallest absolute Gasteiger partial charge is 0.295 e. The summed E-state index contributed by atoms with van der Waals surface area (Å²) in [6, 6.07) is 7.06. The lowest BCUT2D eigenvalue weighted by Gasteiger charge is -2.22. The highest BCUT2D eigenvalue weighted by atomic mass is 32.1. The number of fused-ring (bicyclic) bond motifs is 1. The zero-order chi connectivity index (χ0) is 20.1. The Bertz CT molecular complexity index is 878. The van der Waals surface area contributed by atoms with Gasteiger partial charge >= 0.3 is 0 Å². The lowest BCUT2D eigenvalue weighted by atomic mass is 10.3. The van der Waals surface area contributed by atoms with Crippen molar-refractivity contribution in [3.8, 4) is 11.5 Å². The van der Waals surface area contributed by atoms with Crippen LogP contribution in [0.5, 0.6) is 11.5 Å². The van der Waals surface area contributed by atoms with Crippen LogP contribution in [0.4, 0.5) is 5.13 Å². The number of methoxy groups -OCH3 is 2. The molecule has 0 aliphatic carbocycles. The van der Waals surface area contributed by atoms with Gasteiger partial charge in [-0.2, -0.15) is 0 Å². The molecule has 0 aliphatic heterocycles. The molecule has 150 valence electrons. The summed E-state index contributed by atoms with van der Waals surface area (Å²) >= 11 is 1.42. The largest absolute Gasteiger partial charge is 0.495 e. The third-order valence-electron chi connectivity index (χ3n) is 4.80. The molecule has 0 bridgehead atoms. The normalized spacial score (nSPS) is 11.2. The Morgan fingerprint density at radius 2 is 1.89 bits per heavy atom. The number of nitrogens with one attached hydrogen (secondary N) is 1. The maximum atomic E-state index is 13.1. The van der Waals surface area contributed by atoms with Crippen molar-refractivity contribution < 1.29 is 23.6 Å². The van der Waals surface area contributed by atoms with E-state index in [1.165, 1.54) is 22.5 Å². The van der Waals surface area contributed by atoms with Crippen LogP contribution in [0.15, 0.2) is 34.9 Å². The molecule has 1 amide bonds. The Morgan fingerprint density at radius 3 is 2.50 bits per heavy atom. The summed E-state index contributed by atoms with van der Waals surface area (Å²) in [5.41, 5.74) is 0.689. The van der Waals surface area contributed by atoms with E-state index in [0.717, 1.165) is 24.3 Å². The number of nitrogens with zero attached hydrogens (tertiary/aromatic N) is 2. The number of quaternary nitrogens is 1. The van der Waals surface area contributed by atoms with Gasteiger partial charge < -0.3 is 18.8 Å². The van der Waals surface area contributed by atoms with E-state index in [-0.39, 0.29) is 5.91 Å². The summed E-state index contributed by atoms with van der Waals surface area (Å²) in [6.07, 6.45) is 1.51. The molecule has 0 fully saturated rings. The first-order chi connectivity index (χ1) is 13.6. The van der Waals surface area contributed by atoms with Crippen LogP contribution in [0.25, 0.3) is 10.2 Å². The molecule has 8 heteroatoms. The van der Waals surface area contributed by atoms with E-state index in [0.29, 0.717) is 34.5 Å². The van der Waals surface area contributed by atoms with E-state index in [9.17, 15) is 4.79 Å². The number of anilines is 1. The highest BCUT2D eigenvalue weighted by Crippen LogP contribution is 2.40. The second kappa shape index (κ2) is 9.07. The maximum absolute atomic E-state index is 13.1. The summed E-state index contributed by atoms with van der Waals surface area (Å²) in [5.74, 6) is 1.46. The Hall–Kier alpha value is -2.58. The predicted molar refractivity (Wildman–Crippen MR) is 110 cm³/mol. The molecule has 0 unspecified atom stereocenters. The number of benzene rings is 1. The lowest BCUT2D eigenvalue weighted by Crippen LogP contribution is -3.12. The molecule has 1 N–H and O–H groups in total. The SMILES string of the molecule is CC[NH+](CC)CCN(C(=O)c1ccco1)c1nc2c(OC)ccc(OC)c2s1. The monoisotopic (exact) mass is 404 g/mol. The van der Waals surface area contributed by atoms with Gasteiger partial charge in [0.15, 0.2) is 10.9 Å². The Labute approximate surface area is 168 Å². The number of ether oxygens (including phenoxy) is 2. The average molecular weight is 405 g/mol. The maximum Gasteiger partial charge on any atom is 0.295 e. The van der Waals surface area contributed by atoms with Gasteiger partial charge in [-0.1, -0.05) is 11.3 Å². The summed E-state index contributed by atoms with van der Waals surface area (Å²) in [4.78, 5) is 20.9. The van der Waals surface area contributed by atoms with Crippen molar-refractivity contribution in [2.24, 2.45) is 0 Å². The quantitative estimate of drug-likeness (QED) is 0.593. The van der Waals surface area contributed by atoms with Gasteiger partial charge in [-0.05, 0) is 38.1 Å². The minimum atomic E-state index is -0.200. The topological polar surface area (TPSA) is 69.2 Å². The number of carbonyl (C=O) groups excluding carboxylic acids is 1. The van der Waals surface area contributed by atoms with Crippen molar-refractivity contribution >= 4 is 32.6 Å². The highest BCUT2D eigenvalue weighted by Gasteiger charge is 2.26. The molecule has 7 nitrogen and oxygen atoms in total. The van der Waals surface area contributed by atoms with Crippen molar-refractivity contribution in [3.05, 3.63) is 36.3 Å². The van der Waals surface area contributed by atoms with E-state index >= 15 is 0 Å². The summed E-state index contributed by atoms with van der Waals surface area (Å²) < 4.78 is 17.1. The van der Waals surface area contributed by atoms with Crippen LogP contribution in [0.2, 0.25) is 0 Å². The second-order valence-electron chi connectivity index (χ2n) is 6.29. The Balaban J connectivity index is 2.02. The van der Waals surface area contributed by atoms with Gasteiger partial charge in [0.1, 0.15) is 21.7 Å². The summed E-state index contributed by atoms with van der Waals surface area (Å²) in [7, 11) is 3.23. The van der Waals surface area contributed by atoms with Crippen LogP contribution in [0.3, 0.4) is 0 Å². The van der Waals surface area contributed by atoms with E-state index < -0.39 is 0 Å². The van der Waals surface area contributed by atoms with Gasteiger partial charge in [0, 0.05) is 0 Å². The fourth-order valence-electron chi connectivity index (χ4n) is 3.08. The molecule has 0 saturated carbocycles. The van der Waals surface area contributed by atoms with Gasteiger partial charge in [0.05, 0.1) is 46.7 Å². The van der Waals surface area contributed by atoms with Gasteiger partial charge in [0.2, 0.25) is 0 Å². The van der Waals surface area contributed by atoms with Gasteiger partial charge in [-0.15, -0.1) is 0 Å². The summed E-state index contributed by atoms with van der Waals surface area (Å²) in [6.45, 7) is 7.65. The first kappa shape index (κ1) is 20.2. The lowest BCUT2D eigenvalue weighted by molar-refractivity contribution is -0.894. The zero-order valence-electron chi connectivity index (χ0n) is 16.7. The average Bonchev–Trinajstić information content (AvgIpc) is 3.40. The molecular formula is C20H26N3O4S+. The van der Waals surface area contributed by atoms with Crippen molar-refractivity contribution in [1.29, 1.82) is 0 Å². The van der Waals surface area contributed by atoms with Crippen LogP contribution in [-0.2, 0) is 0 Å². The third kappa shape index (κ3) is 3.98. The molecule has 3 aromatic rings. The number of hydrogen-bond donors (Lipinski definition) is 1. The number of carbonyl (C=O) groups is 1. The number of aromatic nitrogens is 1. The molecule has 3 rings (SSSR count). The molecule has 0 saturated heterocycles. The minimum Gasteiger partial charge on any atom is -0.495 e. The van der Waals surface area contributed by atoms with Gasteiger partial charge in [0.25, 0.3) is 5.91 Å². The van der Waals surface area contributed by atoms with Crippen LogP contribution < -0.4 is 19.3 Å². The second-order valence-corrected chi connectivity index (χ2v) is 7.26. The third-order valence-corrected chi connectivity index (χ3v) is 5.89. The van der Waals surface area contributed by atoms with Crippen molar-refractivity contribution in [1.82, 2.24) is 4.98 Å². The van der Waals surface area contributed by atoms with E-state index in [1.54, 1.807) is 31.3 Å². The molecule has 28 heavy (non-hydrogen) atoms. The number of amides is 1. The van der Waals surface area contributed by atoms with Crippen LogP contribution in [-0.4, -0.2) is 51.3 Å². The number of hydrogen-bond acceptors (Lipinski definition) is 6. The molecule has 1 aromatic carbocycles. The van der Waals surface area contributed by atoms with E-state index in [4.69, 9.17) is 18.9 Å². The molecular weight excluding hydrogens is 378 g/mol. The molecule has 0 radical (unpaired) electrons. The minimum absolute atomic E-state index is 0.200. The number of thiazole rings is 1. The molecule has 0 aliphatic rings.